The van der Waals surface area contributed by atoms with Crippen LogP contribution in [0.2, 0.25) is 5.02 Å². The first-order chi connectivity index (χ1) is 27.8. The Hall–Kier alpha value is -5.88. The zero-order chi connectivity index (χ0) is 43.0. The molecule has 0 aliphatic heterocycles. The summed E-state index contributed by atoms with van der Waals surface area (Å²) in [5.41, 5.74) is -2.51. The molecule has 3 N–H and O–H groups in total. The molecule has 0 saturated heterocycles. The lowest BCUT2D eigenvalue weighted by Gasteiger charge is -2.23. The summed E-state index contributed by atoms with van der Waals surface area (Å²) < 4.78 is 95.2. The van der Waals surface area contributed by atoms with Crippen LogP contribution >= 0.6 is 11.6 Å². The summed E-state index contributed by atoms with van der Waals surface area (Å²) in [6, 6.07) is 7.63. The van der Waals surface area contributed by atoms with Gasteiger partial charge in [-0.1, -0.05) is 29.5 Å². The highest BCUT2D eigenvalue weighted by Gasteiger charge is 2.53. The Kier molecular flexibility index (Phi) is 12.1. The second-order valence-corrected chi connectivity index (χ2v) is 14.7. The van der Waals surface area contributed by atoms with Gasteiger partial charge in [-0.25, -0.2) is 22.5 Å². The van der Waals surface area contributed by atoms with Crippen LogP contribution in [0, 0.1) is 41.7 Å². The molecular formula is C41H36ClF6N7O4. The summed E-state index contributed by atoms with van der Waals surface area (Å²) in [6.07, 6.45) is 1.15. The van der Waals surface area contributed by atoms with Crippen LogP contribution in [0.5, 0.6) is 0 Å². The van der Waals surface area contributed by atoms with Crippen LogP contribution in [0.3, 0.4) is 0 Å². The maximum atomic E-state index is 15.5. The number of carbonyl (C=O) groups is 2. The minimum absolute atomic E-state index is 0.0159. The molecule has 0 bridgehead atoms. The normalized spacial score (nSPS) is 15.1. The van der Waals surface area contributed by atoms with Gasteiger partial charge in [-0.3, -0.25) is 19.0 Å². The molecule has 18 heteroatoms. The second kappa shape index (κ2) is 16.8. The van der Waals surface area contributed by atoms with E-state index in [0.717, 1.165) is 12.1 Å². The molecule has 59 heavy (non-hydrogen) atoms. The fraction of sp³-hybridized carbons (Fsp3) is 0.341. The van der Waals surface area contributed by atoms with Crippen molar-refractivity contribution in [3.8, 4) is 35.3 Å². The van der Waals surface area contributed by atoms with Gasteiger partial charge < -0.3 is 20.5 Å². The second-order valence-electron chi connectivity index (χ2n) is 14.3. The summed E-state index contributed by atoms with van der Waals surface area (Å²) >= 11 is 6.68. The lowest BCUT2D eigenvalue weighted by molar-refractivity contribution is -0.123. The highest BCUT2D eigenvalue weighted by atomic mass is 35.5. The Balaban J connectivity index is 1.52. The van der Waals surface area contributed by atoms with E-state index in [-0.39, 0.29) is 47.2 Å². The third-order valence-electron chi connectivity index (χ3n) is 9.41. The minimum atomic E-state index is -3.80. The Morgan fingerprint density at radius 3 is 2.42 bits per heavy atom. The third kappa shape index (κ3) is 9.07. The van der Waals surface area contributed by atoms with E-state index in [1.54, 1.807) is 19.2 Å². The summed E-state index contributed by atoms with van der Waals surface area (Å²) in [7, 11) is 3.04. The van der Waals surface area contributed by atoms with Crippen molar-refractivity contribution < 1.29 is 45.8 Å². The van der Waals surface area contributed by atoms with E-state index in [1.807, 2.05) is 5.92 Å². The molecule has 0 unspecified atom stereocenters. The molecule has 3 aromatic heterocycles. The van der Waals surface area contributed by atoms with E-state index in [2.05, 4.69) is 32.7 Å². The zero-order valence-electron chi connectivity index (χ0n) is 31.9. The Labute approximate surface area is 339 Å². The lowest BCUT2D eigenvalue weighted by atomic mass is 9.93. The van der Waals surface area contributed by atoms with Crippen molar-refractivity contribution in [2.75, 3.05) is 19.0 Å². The van der Waals surface area contributed by atoms with Gasteiger partial charge in [0.1, 0.15) is 40.9 Å². The maximum absolute atomic E-state index is 15.5. The number of hydrogen-bond donors (Lipinski definition) is 3. The van der Waals surface area contributed by atoms with Crippen molar-refractivity contribution in [2.45, 2.75) is 63.6 Å². The maximum Gasteiger partial charge on any atom is 0.303 e. The van der Waals surface area contributed by atoms with Gasteiger partial charge >= 0.3 is 5.92 Å². The zero-order valence-corrected chi connectivity index (χ0v) is 32.7. The highest BCUT2D eigenvalue weighted by Crippen LogP contribution is 2.48. The molecule has 0 saturated carbocycles. The van der Waals surface area contributed by atoms with Crippen LogP contribution in [0.15, 0.2) is 42.5 Å². The Morgan fingerprint density at radius 2 is 1.78 bits per heavy atom. The number of anilines is 1. The van der Waals surface area contributed by atoms with Gasteiger partial charge in [-0.05, 0) is 68.5 Å². The number of pyridine rings is 1. The van der Waals surface area contributed by atoms with Gasteiger partial charge in [0.15, 0.2) is 5.82 Å². The summed E-state index contributed by atoms with van der Waals surface area (Å²) in [5.74, 6) is -1.36. The average molecular weight is 840 g/mol. The molecule has 6 rings (SSSR count). The predicted octanol–water partition coefficient (Wildman–Crippen LogP) is 6.80. The largest absolute Gasteiger partial charge is 0.384 e. The molecule has 308 valence electrons. The standard InChI is InChI=1S/C41H36ClF6N7O4/c1-6-22-18-28-35(38(45)46)52-55(37(28)41(22,47)48)20-32(57)50-30(17-21-15-23(43)19-24(44)16-21)34-26(8-7-25(49-34)11-13-40(2,3)58)27-9-10-29(42)33-36(27)54(4)53-39(33)51-31(56)12-14-59-5/h1,7-10,15-16,19,22,30,38,58H,12,14,17-18,20H2,2-5H3,(H,50,57)(H,51,53,56)/t22-,30+/m1/s1. The number of amides is 2. The van der Waals surface area contributed by atoms with E-state index >= 15 is 8.78 Å². The number of methoxy groups -OCH3 is 1. The molecule has 11 nitrogen and oxygen atoms in total. The number of aromatic nitrogens is 5. The molecule has 2 amide bonds. The molecule has 2 aromatic carbocycles. The monoisotopic (exact) mass is 839 g/mol. The van der Waals surface area contributed by atoms with E-state index in [4.69, 9.17) is 27.7 Å². The van der Waals surface area contributed by atoms with E-state index < -0.39 is 83.3 Å². The van der Waals surface area contributed by atoms with E-state index in [1.165, 1.54) is 37.8 Å². The average Bonchev–Trinajstić information content (AvgIpc) is 3.77. The molecular weight excluding hydrogens is 804 g/mol. The summed E-state index contributed by atoms with van der Waals surface area (Å²) in [6.45, 7) is 2.04. The quantitative estimate of drug-likeness (QED) is 0.0930. The number of nitrogens with zero attached hydrogens (tertiary/aromatic N) is 5. The fourth-order valence-corrected chi connectivity index (χ4v) is 7.17. The SMILES string of the molecule is C#C[C@@H]1Cc2c(C(F)F)nn(CC(=O)N[C@@H](Cc3cc(F)cc(F)c3)c3nc(C#CC(C)(C)O)ccc3-c3ccc(Cl)c4c(NC(=O)CCOC)nn(C)c34)c2C1(F)F. The van der Waals surface area contributed by atoms with Gasteiger partial charge in [-0.2, -0.15) is 19.0 Å². The van der Waals surface area contributed by atoms with Crippen LogP contribution in [-0.4, -0.2) is 60.8 Å². The molecule has 0 spiro atoms. The van der Waals surface area contributed by atoms with Crippen molar-refractivity contribution >= 4 is 40.1 Å². The topological polar surface area (TPSA) is 136 Å². The Morgan fingerprint density at radius 1 is 1.08 bits per heavy atom. The highest BCUT2D eigenvalue weighted by molar-refractivity contribution is 6.37. The number of nitrogens with one attached hydrogen (secondary N) is 2. The van der Waals surface area contributed by atoms with Crippen LogP contribution in [0.25, 0.3) is 22.0 Å². The first-order valence-electron chi connectivity index (χ1n) is 18.0. The molecule has 3 heterocycles. The predicted molar refractivity (Wildman–Crippen MR) is 205 cm³/mol. The number of alkyl halides is 4. The number of carbonyl (C=O) groups excluding carboxylic acids is 2. The van der Waals surface area contributed by atoms with Crippen molar-refractivity contribution in [2.24, 2.45) is 13.0 Å². The van der Waals surface area contributed by atoms with Crippen LogP contribution in [0.1, 0.15) is 66.6 Å². The van der Waals surface area contributed by atoms with Crippen molar-refractivity contribution in [3.63, 3.8) is 0 Å². The third-order valence-corrected chi connectivity index (χ3v) is 9.73. The number of aliphatic hydroxyl groups is 1. The molecule has 2 atom stereocenters. The van der Waals surface area contributed by atoms with Gasteiger partial charge in [0.25, 0.3) is 6.43 Å². The number of benzene rings is 2. The smallest absolute Gasteiger partial charge is 0.303 e. The number of rotatable bonds is 12. The number of halogens is 7. The number of hydrogen-bond acceptors (Lipinski definition) is 7. The number of fused-ring (bicyclic) bond motifs is 2. The van der Waals surface area contributed by atoms with E-state index in [0.29, 0.717) is 32.8 Å². The van der Waals surface area contributed by atoms with Gasteiger partial charge in [0.2, 0.25) is 11.8 Å². The fourth-order valence-electron chi connectivity index (χ4n) is 6.93. The van der Waals surface area contributed by atoms with Crippen molar-refractivity contribution in [1.29, 1.82) is 0 Å². The van der Waals surface area contributed by atoms with Crippen molar-refractivity contribution in [3.05, 3.63) is 93.0 Å². The van der Waals surface area contributed by atoms with Gasteiger partial charge in [-0.15, -0.1) is 6.42 Å². The van der Waals surface area contributed by atoms with E-state index in [9.17, 15) is 32.3 Å². The minimum Gasteiger partial charge on any atom is -0.384 e. The van der Waals surface area contributed by atoms with Gasteiger partial charge in [0, 0.05) is 36.9 Å². The van der Waals surface area contributed by atoms with Crippen molar-refractivity contribution in [1.82, 2.24) is 29.9 Å². The number of terminal acetylenes is 1. The van der Waals surface area contributed by atoms with Gasteiger partial charge in [0.05, 0.1) is 46.6 Å². The molecule has 5 aromatic rings. The number of ether oxygens (including phenoxy) is 1. The molecule has 0 radical (unpaired) electrons. The Bertz CT molecular complexity index is 2550. The van der Waals surface area contributed by atoms with Crippen LogP contribution in [0.4, 0.5) is 32.2 Å². The first kappa shape index (κ1) is 42.7. The van der Waals surface area contributed by atoms with Crippen LogP contribution in [-0.2, 0) is 46.7 Å². The molecule has 0 fully saturated rings. The first-order valence-corrected chi connectivity index (χ1v) is 18.4. The molecule has 1 aliphatic carbocycles. The summed E-state index contributed by atoms with van der Waals surface area (Å²) in [4.78, 5) is 31.4. The van der Waals surface area contributed by atoms with Crippen LogP contribution < -0.4 is 10.6 Å². The lowest BCUT2D eigenvalue weighted by Crippen LogP contribution is -2.35. The number of aryl methyl sites for hydroxylation is 1. The molecule has 1 aliphatic rings. The summed E-state index contributed by atoms with van der Waals surface area (Å²) in [5, 5.41) is 24.5.